The van der Waals surface area contributed by atoms with Gasteiger partial charge in [0.2, 0.25) is 0 Å². The van der Waals surface area contributed by atoms with Gasteiger partial charge < -0.3 is 4.90 Å². The quantitative estimate of drug-likeness (QED) is 0.155. The van der Waals surface area contributed by atoms with Crippen LogP contribution < -0.4 is 4.90 Å². The van der Waals surface area contributed by atoms with Gasteiger partial charge >= 0.3 is 0 Å². The molecule has 1 unspecified atom stereocenters. The van der Waals surface area contributed by atoms with Crippen LogP contribution in [0.4, 0.5) is 17.1 Å². The lowest BCUT2D eigenvalue weighted by molar-refractivity contribution is 0.794. The molecule has 1 heteroatoms. The Kier molecular flexibility index (Phi) is 8.47. The highest BCUT2D eigenvalue weighted by molar-refractivity contribution is 6.01. The van der Waals surface area contributed by atoms with Crippen molar-refractivity contribution < 1.29 is 0 Å². The summed E-state index contributed by atoms with van der Waals surface area (Å²) in [5, 5.41) is 0. The van der Waals surface area contributed by atoms with Crippen LogP contribution in [0.15, 0.2) is 249 Å². The molecule has 10 aromatic rings. The molecule has 290 valence electrons. The van der Waals surface area contributed by atoms with Gasteiger partial charge in [0.1, 0.15) is 0 Å². The minimum absolute atomic E-state index is 0.448. The van der Waals surface area contributed by atoms with Crippen LogP contribution in [0.5, 0.6) is 0 Å². The summed E-state index contributed by atoms with van der Waals surface area (Å²) >= 11 is 0. The molecule has 0 heterocycles. The molecular weight excluding hydrogens is 747 g/mol. The second kappa shape index (κ2) is 14.6. The van der Waals surface area contributed by atoms with Crippen LogP contribution in [-0.4, -0.2) is 0 Å². The van der Waals surface area contributed by atoms with Crippen molar-refractivity contribution in [1.29, 1.82) is 0 Å². The molecule has 1 nitrogen and oxygen atoms in total. The minimum Gasteiger partial charge on any atom is -0.310 e. The van der Waals surface area contributed by atoms with Gasteiger partial charge in [0.25, 0.3) is 0 Å². The van der Waals surface area contributed by atoms with E-state index in [1.165, 1.54) is 89.0 Å². The number of fused-ring (bicyclic) bond motifs is 10. The van der Waals surface area contributed by atoms with Crippen molar-refractivity contribution in [2.24, 2.45) is 0 Å². The van der Waals surface area contributed by atoms with Crippen LogP contribution in [0.3, 0.4) is 0 Å². The highest BCUT2D eigenvalue weighted by Gasteiger charge is 2.52. The SMILES string of the molecule is c1ccc(-c2ccc(-c3ccc(N(c4ccccc4)c4cccc(-c5cccc6c5-c5ccccc5C65c6ccccc6-c6ccc(-c7ccccc7)cc65)c4)cc3)cc2)cc1. The van der Waals surface area contributed by atoms with E-state index >= 15 is 0 Å². The fourth-order valence-electron chi connectivity index (χ4n) is 10.4. The highest BCUT2D eigenvalue weighted by atomic mass is 15.1. The van der Waals surface area contributed by atoms with Crippen LogP contribution in [0, 0.1) is 0 Å². The Morgan fingerprint density at radius 2 is 0.645 bits per heavy atom. The summed E-state index contributed by atoms with van der Waals surface area (Å²) in [7, 11) is 0. The number of rotatable bonds is 7. The molecule has 0 radical (unpaired) electrons. The fraction of sp³-hybridized carbons (Fsp3) is 0.0164. The summed E-state index contributed by atoms with van der Waals surface area (Å²) in [6.45, 7) is 0. The average Bonchev–Trinajstić information content (AvgIpc) is 3.83. The molecule has 2 aliphatic carbocycles. The largest absolute Gasteiger partial charge is 0.310 e. The van der Waals surface area contributed by atoms with E-state index in [0.29, 0.717) is 0 Å². The van der Waals surface area contributed by atoms with E-state index in [0.717, 1.165) is 17.1 Å². The zero-order valence-corrected chi connectivity index (χ0v) is 34.1. The molecule has 0 fully saturated rings. The van der Waals surface area contributed by atoms with Crippen molar-refractivity contribution in [2.45, 2.75) is 5.41 Å². The summed E-state index contributed by atoms with van der Waals surface area (Å²) in [4.78, 5) is 2.37. The molecule has 2 aliphatic rings. The molecule has 0 aliphatic heterocycles. The van der Waals surface area contributed by atoms with E-state index in [-0.39, 0.29) is 0 Å². The standard InChI is InChI=1S/C61H41N/c1-4-16-42(17-5-1)44-30-32-45(33-31-44)46-34-37-50(38-35-46)62(49-21-8-3-9-22-49)51-23-14-20-48(40-51)52-26-15-29-58-60(52)55-25-11-13-28-57(55)61(58)56-27-12-10-24-53(56)54-39-36-47(41-59(54)61)43-18-6-2-7-19-43/h1-41H. The van der Waals surface area contributed by atoms with E-state index < -0.39 is 5.41 Å². The van der Waals surface area contributed by atoms with Gasteiger partial charge in [-0.3, -0.25) is 0 Å². The Bertz CT molecular complexity index is 3260. The number of hydrogen-bond acceptors (Lipinski definition) is 1. The Balaban J connectivity index is 0.983. The third-order valence-corrected chi connectivity index (χ3v) is 13.1. The van der Waals surface area contributed by atoms with Crippen LogP contribution in [0.1, 0.15) is 22.3 Å². The molecule has 12 rings (SSSR count). The first-order valence-corrected chi connectivity index (χ1v) is 21.5. The van der Waals surface area contributed by atoms with Gasteiger partial charge in [-0.1, -0.05) is 206 Å². The zero-order valence-electron chi connectivity index (χ0n) is 34.1. The van der Waals surface area contributed by atoms with Gasteiger partial charge in [0, 0.05) is 17.1 Å². The molecule has 0 saturated heterocycles. The van der Waals surface area contributed by atoms with Crippen LogP contribution in [0.25, 0.3) is 66.8 Å². The summed E-state index contributed by atoms with van der Waals surface area (Å²) in [5.41, 5.74) is 23.2. The molecule has 0 amide bonds. The Morgan fingerprint density at radius 3 is 1.32 bits per heavy atom. The maximum Gasteiger partial charge on any atom is 0.0725 e. The molecule has 10 aromatic carbocycles. The molecule has 0 N–H and O–H groups in total. The monoisotopic (exact) mass is 787 g/mol. The van der Waals surface area contributed by atoms with Crippen molar-refractivity contribution in [1.82, 2.24) is 0 Å². The number of benzene rings is 10. The Hall–Kier alpha value is -8.00. The first-order chi connectivity index (χ1) is 30.8. The van der Waals surface area contributed by atoms with E-state index in [4.69, 9.17) is 0 Å². The highest BCUT2D eigenvalue weighted by Crippen LogP contribution is 2.64. The summed E-state index contributed by atoms with van der Waals surface area (Å²) < 4.78 is 0. The smallest absolute Gasteiger partial charge is 0.0725 e. The number of nitrogens with zero attached hydrogens (tertiary/aromatic N) is 1. The topological polar surface area (TPSA) is 3.24 Å². The first-order valence-electron chi connectivity index (χ1n) is 21.5. The zero-order chi connectivity index (χ0) is 41.0. The van der Waals surface area contributed by atoms with Crippen LogP contribution in [-0.2, 0) is 5.41 Å². The molecule has 0 aromatic heterocycles. The average molecular weight is 788 g/mol. The van der Waals surface area contributed by atoms with Gasteiger partial charge in [0.15, 0.2) is 0 Å². The maximum atomic E-state index is 2.46. The molecular formula is C61H41N. The van der Waals surface area contributed by atoms with Gasteiger partial charge in [-0.25, -0.2) is 0 Å². The number of para-hydroxylation sites is 1. The summed E-state index contributed by atoms with van der Waals surface area (Å²) in [6, 6.07) is 91.3. The molecule has 1 atom stereocenters. The maximum absolute atomic E-state index is 2.46. The third-order valence-electron chi connectivity index (χ3n) is 13.1. The first kappa shape index (κ1) is 35.9. The number of hydrogen-bond donors (Lipinski definition) is 0. The van der Waals surface area contributed by atoms with Crippen molar-refractivity contribution in [3.8, 4) is 66.8 Å². The van der Waals surface area contributed by atoms with E-state index in [1.807, 2.05) is 0 Å². The fourth-order valence-corrected chi connectivity index (χ4v) is 10.4. The van der Waals surface area contributed by atoms with E-state index in [1.54, 1.807) is 0 Å². The predicted molar refractivity (Wildman–Crippen MR) is 259 cm³/mol. The van der Waals surface area contributed by atoms with Crippen molar-refractivity contribution in [3.63, 3.8) is 0 Å². The van der Waals surface area contributed by atoms with Gasteiger partial charge in [0.05, 0.1) is 5.41 Å². The second-order valence-electron chi connectivity index (χ2n) is 16.4. The summed E-state index contributed by atoms with van der Waals surface area (Å²) in [5.74, 6) is 0. The lowest BCUT2D eigenvalue weighted by Crippen LogP contribution is -2.25. The third kappa shape index (κ3) is 5.63. The van der Waals surface area contributed by atoms with Gasteiger partial charge in [-0.15, -0.1) is 0 Å². The van der Waals surface area contributed by atoms with Crippen LogP contribution >= 0.6 is 0 Å². The van der Waals surface area contributed by atoms with E-state index in [9.17, 15) is 0 Å². The minimum atomic E-state index is -0.448. The lowest BCUT2D eigenvalue weighted by Gasteiger charge is -2.31. The molecule has 0 bridgehead atoms. The van der Waals surface area contributed by atoms with Crippen molar-refractivity contribution in [2.75, 3.05) is 4.90 Å². The predicted octanol–water partition coefficient (Wildman–Crippen LogP) is 16.2. The molecule has 62 heavy (non-hydrogen) atoms. The van der Waals surface area contributed by atoms with E-state index in [2.05, 4.69) is 254 Å². The van der Waals surface area contributed by atoms with Gasteiger partial charge in [-0.05, 0) is 131 Å². The van der Waals surface area contributed by atoms with Crippen molar-refractivity contribution in [3.05, 3.63) is 271 Å². The number of anilines is 3. The Morgan fingerprint density at radius 1 is 0.226 bits per heavy atom. The van der Waals surface area contributed by atoms with Crippen LogP contribution in [0.2, 0.25) is 0 Å². The van der Waals surface area contributed by atoms with Gasteiger partial charge in [-0.2, -0.15) is 0 Å². The second-order valence-corrected chi connectivity index (χ2v) is 16.4. The molecule has 0 saturated carbocycles. The normalized spacial score (nSPS) is 14.2. The Labute approximate surface area is 363 Å². The van der Waals surface area contributed by atoms with Crippen molar-refractivity contribution >= 4 is 17.1 Å². The summed E-state index contributed by atoms with van der Waals surface area (Å²) in [6.07, 6.45) is 0. The lowest BCUT2D eigenvalue weighted by atomic mass is 9.70. The molecule has 1 spiro atoms.